The van der Waals surface area contributed by atoms with Crippen molar-refractivity contribution in [1.82, 2.24) is 9.55 Å². The van der Waals surface area contributed by atoms with Gasteiger partial charge < -0.3 is 0 Å². The van der Waals surface area contributed by atoms with Crippen molar-refractivity contribution in [2.45, 2.75) is 13.0 Å². The molecule has 0 spiro atoms. The maximum atomic E-state index is 13.2. The van der Waals surface area contributed by atoms with Crippen molar-refractivity contribution in [3.63, 3.8) is 0 Å². The van der Waals surface area contributed by atoms with Crippen LogP contribution in [0.15, 0.2) is 70.8 Å². The molecule has 4 rings (SSSR count). The standard InChI is InChI=1S/C22H16N2OS/c1-2-13-24-19(14-16-9-5-3-6-10-16)23-21-20(22(24)25)18(15-26-21)17-11-7-4-8-12-17/h1,3-12,15H,13-14H2. The second-order valence-electron chi connectivity index (χ2n) is 5.98. The summed E-state index contributed by atoms with van der Waals surface area (Å²) >= 11 is 1.50. The molecule has 26 heavy (non-hydrogen) atoms. The average molecular weight is 356 g/mol. The van der Waals surface area contributed by atoms with Crippen LogP contribution < -0.4 is 5.56 Å². The van der Waals surface area contributed by atoms with Crippen molar-refractivity contribution in [2.24, 2.45) is 0 Å². The van der Waals surface area contributed by atoms with E-state index in [0.717, 1.165) is 21.5 Å². The fraction of sp³-hybridized carbons (Fsp3) is 0.0909. The Hall–Kier alpha value is -3.16. The van der Waals surface area contributed by atoms with Crippen LogP contribution in [0.2, 0.25) is 0 Å². The van der Waals surface area contributed by atoms with Crippen LogP contribution in [-0.4, -0.2) is 9.55 Å². The minimum absolute atomic E-state index is 0.0704. The Kier molecular flexibility index (Phi) is 4.39. The first-order valence-corrected chi connectivity index (χ1v) is 9.19. The summed E-state index contributed by atoms with van der Waals surface area (Å²) in [5.74, 6) is 3.30. The molecule has 0 aliphatic heterocycles. The minimum Gasteiger partial charge on any atom is -0.284 e. The molecule has 4 aromatic rings. The van der Waals surface area contributed by atoms with Gasteiger partial charge in [0.1, 0.15) is 10.7 Å². The molecule has 0 aliphatic carbocycles. The SMILES string of the molecule is C#CCn1c(Cc2ccccc2)nc2scc(-c3ccccc3)c2c1=O. The van der Waals surface area contributed by atoms with Crippen LogP contribution in [0.4, 0.5) is 0 Å². The maximum absolute atomic E-state index is 13.2. The van der Waals surface area contributed by atoms with E-state index in [1.54, 1.807) is 4.57 Å². The summed E-state index contributed by atoms with van der Waals surface area (Å²) in [6, 6.07) is 19.9. The van der Waals surface area contributed by atoms with E-state index < -0.39 is 0 Å². The van der Waals surface area contributed by atoms with E-state index in [0.29, 0.717) is 17.6 Å². The highest BCUT2D eigenvalue weighted by Gasteiger charge is 2.16. The number of terminal acetylenes is 1. The monoisotopic (exact) mass is 356 g/mol. The third-order valence-electron chi connectivity index (χ3n) is 4.31. The molecule has 4 heteroatoms. The van der Waals surface area contributed by atoms with Crippen LogP contribution in [-0.2, 0) is 13.0 Å². The predicted octanol–water partition coefficient (Wildman–Crippen LogP) is 4.35. The molecule has 0 N–H and O–H groups in total. The van der Waals surface area contributed by atoms with E-state index in [2.05, 4.69) is 5.92 Å². The molecule has 2 heterocycles. The van der Waals surface area contributed by atoms with Crippen LogP contribution in [0.1, 0.15) is 11.4 Å². The summed E-state index contributed by atoms with van der Waals surface area (Å²) in [5.41, 5.74) is 2.96. The zero-order chi connectivity index (χ0) is 17.9. The molecule has 0 unspecified atom stereocenters. The number of hydrogen-bond donors (Lipinski definition) is 0. The highest BCUT2D eigenvalue weighted by molar-refractivity contribution is 7.17. The molecule has 0 radical (unpaired) electrons. The Labute approximate surface area is 155 Å². The Morgan fingerprint density at radius 2 is 1.73 bits per heavy atom. The van der Waals surface area contributed by atoms with Crippen molar-refractivity contribution in [3.8, 4) is 23.5 Å². The Morgan fingerprint density at radius 1 is 1.04 bits per heavy atom. The minimum atomic E-state index is -0.0704. The summed E-state index contributed by atoms with van der Waals surface area (Å²) in [6.45, 7) is 0.216. The number of benzene rings is 2. The lowest BCUT2D eigenvalue weighted by Crippen LogP contribution is -2.25. The van der Waals surface area contributed by atoms with E-state index in [-0.39, 0.29) is 12.1 Å². The molecule has 2 aromatic carbocycles. The molecule has 0 fully saturated rings. The van der Waals surface area contributed by atoms with Crippen molar-refractivity contribution < 1.29 is 0 Å². The van der Waals surface area contributed by atoms with Crippen LogP contribution in [0, 0.1) is 12.3 Å². The summed E-state index contributed by atoms with van der Waals surface area (Å²) < 4.78 is 1.62. The predicted molar refractivity (Wildman–Crippen MR) is 107 cm³/mol. The molecular formula is C22H16N2OS. The van der Waals surface area contributed by atoms with Crippen molar-refractivity contribution in [2.75, 3.05) is 0 Å². The van der Waals surface area contributed by atoms with Gasteiger partial charge in [0.15, 0.2) is 0 Å². The zero-order valence-electron chi connectivity index (χ0n) is 14.1. The lowest BCUT2D eigenvalue weighted by molar-refractivity contribution is 0.721. The fourth-order valence-electron chi connectivity index (χ4n) is 3.06. The average Bonchev–Trinajstić information content (AvgIpc) is 3.10. The molecule has 0 bridgehead atoms. The lowest BCUT2D eigenvalue weighted by atomic mass is 10.1. The van der Waals surface area contributed by atoms with E-state index in [4.69, 9.17) is 11.4 Å². The first-order chi connectivity index (χ1) is 12.8. The number of thiophene rings is 1. The Balaban J connectivity index is 1.91. The molecule has 126 valence electrons. The summed E-state index contributed by atoms with van der Waals surface area (Å²) in [7, 11) is 0. The molecule has 0 atom stereocenters. The van der Waals surface area contributed by atoms with Gasteiger partial charge >= 0.3 is 0 Å². The van der Waals surface area contributed by atoms with Crippen molar-refractivity contribution >= 4 is 21.6 Å². The van der Waals surface area contributed by atoms with Crippen molar-refractivity contribution in [3.05, 3.63) is 87.8 Å². The maximum Gasteiger partial charge on any atom is 0.263 e. The van der Waals surface area contributed by atoms with Gasteiger partial charge in [0.25, 0.3) is 5.56 Å². The second kappa shape index (κ2) is 6.99. The van der Waals surface area contributed by atoms with Crippen LogP contribution >= 0.6 is 11.3 Å². The Bertz CT molecular complexity index is 1150. The van der Waals surface area contributed by atoms with Gasteiger partial charge in [0, 0.05) is 17.4 Å². The van der Waals surface area contributed by atoms with Gasteiger partial charge in [0.05, 0.1) is 11.9 Å². The van der Waals surface area contributed by atoms with E-state index in [1.165, 1.54) is 11.3 Å². The number of aromatic nitrogens is 2. The molecule has 2 aromatic heterocycles. The van der Waals surface area contributed by atoms with Gasteiger partial charge in [0.2, 0.25) is 0 Å². The van der Waals surface area contributed by atoms with Crippen molar-refractivity contribution in [1.29, 1.82) is 0 Å². The van der Waals surface area contributed by atoms with Crippen LogP contribution in [0.3, 0.4) is 0 Å². The summed E-state index contributed by atoms with van der Waals surface area (Å²) in [6.07, 6.45) is 6.10. The smallest absolute Gasteiger partial charge is 0.263 e. The van der Waals surface area contributed by atoms with E-state index in [1.807, 2.05) is 66.0 Å². The Morgan fingerprint density at radius 3 is 2.42 bits per heavy atom. The molecule has 0 amide bonds. The molecule has 3 nitrogen and oxygen atoms in total. The second-order valence-corrected chi connectivity index (χ2v) is 6.84. The fourth-order valence-corrected chi connectivity index (χ4v) is 4.02. The highest BCUT2D eigenvalue weighted by Crippen LogP contribution is 2.31. The number of rotatable bonds is 4. The molecular weight excluding hydrogens is 340 g/mol. The van der Waals surface area contributed by atoms with E-state index >= 15 is 0 Å². The zero-order valence-corrected chi connectivity index (χ0v) is 14.9. The largest absolute Gasteiger partial charge is 0.284 e. The van der Waals surface area contributed by atoms with Crippen LogP contribution in [0.25, 0.3) is 21.3 Å². The summed E-state index contributed by atoms with van der Waals surface area (Å²) in [5, 5.41) is 2.65. The first-order valence-electron chi connectivity index (χ1n) is 8.31. The highest BCUT2D eigenvalue weighted by atomic mass is 32.1. The number of fused-ring (bicyclic) bond motifs is 1. The van der Waals surface area contributed by atoms with Gasteiger partial charge in [-0.3, -0.25) is 9.36 Å². The normalized spacial score (nSPS) is 10.7. The van der Waals surface area contributed by atoms with Gasteiger partial charge in [-0.15, -0.1) is 17.8 Å². The molecule has 0 saturated heterocycles. The molecule has 0 aliphatic rings. The number of hydrogen-bond acceptors (Lipinski definition) is 3. The van der Waals surface area contributed by atoms with Gasteiger partial charge in [-0.05, 0) is 11.1 Å². The van der Waals surface area contributed by atoms with Gasteiger partial charge in [-0.2, -0.15) is 0 Å². The van der Waals surface area contributed by atoms with Crippen LogP contribution in [0.5, 0.6) is 0 Å². The third kappa shape index (κ3) is 2.94. The molecule has 0 saturated carbocycles. The first kappa shape index (κ1) is 16.3. The number of nitrogens with zero attached hydrogens (tertiary/aromatic N) is 2. The van der Waals surface area contributed by atoms with E-state index in [9.17, 15) is 4.79 Å². The summed E-state index contributed by atoms with van der Waals surface area (Å²) in [4.78, 5) is 18.8. The van der Waals surface area contributed by atoms with Gasteiger partial charge in [-0.1, -0.05) is 66.6 Å². The topological polar surface area (TPSA) is 34.9 Å². The third-order valence-corrected chi connectivity index (χ3v) is 5.18. The quantitative estimate of drug-likeness (QED) is 0.510. The van der Waals surface area contributed by atoms with Gasteiger partial charge in [-0.25, -0.2) is 4.98 Å². The lowest BCUT2D eigenvalue weighted by Gasteiger charge is -2.10.